The van der Waals surface area contributed by atoms with E-state index in [1.165, 1.54) is 19.3 Å². The first kappa shape index (κ1) is 17.5. The fraction of sp³-hybridized carbons (Fsp3) is 0.737. The number of hydrogen-bond acceptors (Lipinski definition) is 4. The molecule has 1 aromatic heterocycles. The SMILES string of the molecule is CC1CCCCC1NC(=O)CN1CCCC1CC(O)c1ccco1. The molecular weight excluding hydrogens is 304 g/mol. The van der Waals surface area contributed by atoms with Crippen molar-refractivity contribution in [2.45, 2.75) is 70.1 Å². The second kappa shape index (κ2) is 8.17. The number of aliphatic hydroxyl groups excluding tert-OH is 1. The minimum Gasteiger partial charge on any atom is -0.467 e. The van der Waals surface area contributed by atoms with Gasteiger partial charge in [-0.3, -0.25) is 9.69 Å². The molecule has 3 rings (SSSR count). The number of hydrogen-bond donors (Lipinski definition) is 2. The Morgan fingerprint density at radius 3 is 2.96 bits per heavy atom. The third kappa shape index (κ3) is 4.39. The second-order valence-corrected chi connectivity index (χ2v) is 7.47. The Balaban J connectivity index is 1.49. The zero-order valence-corrected chi connectivity index (χ0v) is 14.6. The molecule has 0 spiro atoms. The lowest BCUT2D eigenvalue weighted by Crippen LogP contribution is -2.46. The Labute approximate surface area is 144 Å². The molecule has 1 saturated carbocycles. The molecule has 1 aromatic rings. The number of rotatable bonds is 6. The summed E-state index contributed by atoms with van der Waals surface area (Å²) >= 11 is 0. The van der Waals surface area contributed by atoms with Gasteiger partial charge in [-0.05, 0) is 56.7 Å². The van der Waals surface area contributed by atoms with Gasteiger partial charge in [-0.1, -0.05) is 19.8 Å². The molecule has 2 aliphatic rings. The summed E-state index contributed by atoms with van der Waals surface area (Å²) in [5.41, 5.74) is 0. The van der Waals surface area contributed by atoms with Crippen LogP contribution < -0.4 is 5.32 Å². The van der Waals surface area contributed by atoms with Crippen molar-refractivity contribution in [1.29, 1.82) is 0 Å². The molecule has 1 aliphatic carbocycles. The summed E-state index contributed by atoms with van der Waals surface area (Å²) < 4.78 is 5.29. The number of furan rings is 1. The van der Waals surface area contributed by atoms with E-state index in [1.54, 1.807) is 18.4 Å². The highest BCUT2D eigenvalue weighted by Crippen LogP contribution is 2.28. The molecule has 5 nitrogen and oxygen atoms in total. The molecule has 5 heteroatoms. The molecule has 2 fully saturated rings. The lowest BCUT2D eigenvalue weighted by Gasteiger charge is -2.31. The number of carbonyl (C=O) groups excluding carboxylic acids is 1. The van der Waals surface area contributed by atoms with Gasteiger partial charge in [0.15, 0.2) is 0 Å². The van der Waals surface area contributed by atoms with Gasteiger partial charge in [-0.2, -0.15) is 0 Å². The predicted octanol–water partition coefficient (Wildman–Crippen LogP) is 2.86. The van der Waals surface area contributed by atoms with Crippen LogP contribution in [0.3, 0.4) is 0 Å². The molecule has 2 N–H and O–H groups in total. The fourth-order valence-corrected chi connectivity index (χ4v) is 4.19. The van der Waals surface area contributed by atoms with Crippen LogP contribution in [0, 0.1) is 5.92 Å². The van der Waals surface area contributed by atoms with Crippen molar-refractivity contribution in [2.24, 2.45) is 5.92 Å². The quantitative estimate of drug-likeness (QED) is 0.839. The first-order chi connectivity index (χ1) is 11.6. The minimum atomic E-state index is -0.591. The highest BCUT2D eigenvalue weighted by Gasteiger charge is 2.30. The van der Waals surface area contributed by atoms with E-state index in [-0.39, 0.29) is 11.9 Å². The summed E-state index contributed by atoms with van der Waals surface area (Å²) in [5.74, 6) is 1.33. The number of nitrogens with one attached hydrogen (secondary N) is 1. The van der Waals surface area contributed by atoms with E-state index in [1.807, 2.05) is 0 Å². The molecule has 1 aliphatic heterocycles. The van der Waals surface area contributed by atoms with Crippen molar-refractivity contribution in [2.75, 3.05) is 13.1 Å². The smallest absolute Gasteiger partial charge is 0.234 e. The third-order valence-corrected chi connectivity index (χ3v) is 5.67. The van der Waals surface area contributed by atoms with Crippen molar-refractivity contribution in [3.8, 4) is 0 Å². The maximum atomic E-state index is 12.4. The van der Waals surface area contributed by atoms with Crippen molar-refractivity contribution in [3.05, 3.63) is 24.2 Å². The molecular formula is C19H30N2O3. The summed E-state index contributed by atoms with van der Waals surface area (Å²) in [7, 11) is 0. The van der Waals surface area contributed by atoms with Crippen molar-refractivity contribution >= 4 is 5.91 Å². The topological polar surface area (TPSA) is 65.7 Å². The monoisotopic (exact) mass is 334 g/mol. The number of aliphatic hydroxyl groups is 1. The maximum absolute atomic E-state index is 12.4. The zero-order chi connectivity index (χ0) is 16.9. The van der Waals surface area contributed by atoms with E-state index in [4.69, 9.17) is 4.42 Å². The largest absolute Gasteiger partial charge is 0.467 e. The molecule has 0 bridgehead atoms. The number of carbonyl (C=O) groups is 1. The fourth-order valence-electron chi connectivity index (χ4n) is 4.19. The summed E-state index contributed by atoms with van der Waals surface area (Å²) in [4.78, 5) is 14.7. The lowest BCUT2D eigenvalue weighted by molar-refractivity contribution is -0.123. The van der Waals surface area contributed by atoms with Crippen LogP contribution in [-0.2, 0) is 4.79 Å². The Kier molecular flexibility index (Phi) is 5.95. The first-order valence-electron chi connectivity index (χ1n) is 9.38. The van der Waals surface area contributed by atoms with Gasteiger partial charge < -0.3 is 14.8 Å². The highest BCUT2D eigenvalue weighted by molar-refractivity contribution is 5.78. The van der Waals surface area contributed by atoms with E-state index in [9.17, 15) is 9.90 Å². The zero-order valence-electron chi connectivity index (χ0n) is 14.6. The molecule has 0 radical (unpaired) electrons. The average Bonchev–Trinajstić information content (AvgIpc) is 3.22. The minimum absolute atomic E-state index is 0.133. The Morgan fingerprint density at radius 1 is 1.38 bits per heavy atom. The lowest BCUT2D eigenvalue weighted by atomic mass is 9.86. The molecule has 1 saturated heterocycles. The maximum Gasteiger partial charge on any atom is 0.234 e. The Bertz CT molecular complexity index is 517. The molecule has 0 aromatic carbocycles. The van der Waals surface area contributed by atoms with E-state index in [0.29, 0.717) is 30.7 Å². The molecule has 4 atom stereocenters. The summed E-state index contributed by atoms with van der Waals surface area (Å²) in [6.45, 7) is 3.62. The van der Waals surface area contributed by atoms with E-state index in [0.717, 1.165) is 25.8 Å². The van der Waals surface area contributed by atoms with Gasteiger partial charge >= 0.3 is 0 Å². The van der Waals surface area contributed by atoms with Crippen LogP contribution in [0.4, 0.5) is 0 Å². The average molecular weight is 334 g/mol. The summed E-state index contributed by atoms with van der Waals surface area (Å²) in [6, 6.07) is 4.19. The summed E-state index contributed by atoms with van der Waals surface area (Å²) in [5, 5.41) is 13.5. The van der Waals surface area contributed by atoms with Gasteiger partial charge in [0.05, 0.1) is 12.8 Å². The standard InChI is InChI=1S/C19H30N2O3/c1-14-6-2-3-8-16(14)20-19(23)13-21-10-4-7-15(21)12-17(22)18-9-5-11-24-18/h5,9,11,14-17,22H,2-4,6-8,10,12-13H2,1H3,(H,20,23). The van der Waals surface area contributed by atoms with Crippen LogP contribution >= 0.6 is 0 Å². The van der Waals surface area contributed by atoms with E-state index in [2.05, 4.69) is 17.1 Å². The van der Waals surface area contributed by atoms with Crippen LogP contribution in [-0.4, -0.2) is 41.1 Å². The van der Waals surface area contributed by atoms with E-state index < -0.39 is 6.10 Å². The molecule has 4 unspecified atom stereocenters. The number of nitrogens with zero attached hydrogens (tertiary/aromatic N) is 1. The Morgan fingerprint density at radius 2 is 2.21 bits per heavy atom. The predicted molar refractivity (Wildman–Crippen MR) is 92.4 cm³/mol. The van der Waals surface area contributed by atoms with Crippen LogP contribution in [0.25, 0.3) is 0 Å². The highest BCUT2D eigenvalue weighted by atomic mass is 16.4. The van der Waals surface area contributed by atoms with Gasteiger partial charge in [-0.25, -0.2) is 0 Å². The number of amides is 1. The van der Waals surface area contributed by atoms with Gasteiger partial charge in [0.2, 0.25) is 5.91 Å². The van der Waals surface area contributed by atoms with Crippen LogP contribution in [0.2, 0.25) is 0 Å². The van der Waals surface area contributed by atoms with Gasteiger partial charge in [0.25, 0.3) is 0 Å². The normalized spacial score (nSPS) is 29.5. The Hall–Kier alpha value is -1.33. The third-order valence-electron chi connectivity index (χ3n) is 5.67. The molecule has 2 heterocycles. The van der Waals surface area contributed by atoms with Crippen LogP contribution in [0.15, 0.2) is 22.8 Å². The molecule has 1 amide bonds. The molecule has 134 valence electrons. The van der Waals surface area contributed by atoms with Crippen LogP contribution in [0.1, 0.15) is 63.7 Å². The van der Waals surface area contributed by atoms with Gasteiger partial charge in [0.1, 0.15) is 11.9 Å². The van der Waals surface area contributed by atoms with Gasteiger partial charge in [-0.15, -0.1) is 0 Å². The van der Waals surface area contributed by atoms with Crippen LogP contribution in [0.5, 0.6) is 0 Å². The second-order valence-electron chi connectivity index (χ2n) is 7.47. The van der Waals surface area contributed by atoms with Crippen molar-refractivity contribution in [3.63, 3.8) is 0 Å². The van der Waals surface area contributed by atoms with Gasteiger partial charge in [0, 0.05) is 12.1 Å². The van der Waals surface area contributed by atoms with Crippen molar-refractivity contribution in [1.82, 2.24) is 10.2 Å². The van der Waals surface area contributed by atoms with Crippen molar-refractivity contribution < 1.29 is 14.3 Å². The number of likely N-dealkylation sites (tertiary alicyclic amines) is 1. The summed E-state index contributed by atoms with van der Waals surface area (Å²) in [6.07, 6.45) is 8.56. The van der Waals surface area contributed by atoms with E-state index >= 15 is 0 Å². The first-order valence-corrected chi connectivity index (χ1v) is 9.38. The molecule has 24 heavy (non-hydrogen) atoms.